The van der Waals surface area contributed by atoms with Crippen LogP contribution in [0.25, 0.3) is 0 Å². The molecule has 0 radical (unpaired) electrons. The minimum absolute atomic E-state index is 0.0330. The number of rotatable bonds is 6. The van der Waals surface area contributed by atoms with Crippen molar-refractivity contribution in [2.24, 2.45) is 5.92 Å². The van der Waals surface area contributed by atoms with Gasteiger partial charge in [0.05, 0.1) is 25.5 Å². The highest BCUT2D eigenvalue weighted by atomic mass is 16.5. The third kappa shape index (κ3) is 5.02. The van der Waals surface area contributed by atoms with Gasteiger partial charge in [0, 0.05) is 25.8 Å². The molecule has 6 heteroatoms. The number of amides is 2. The van der Waals surface area contributed by atoms with E-state index < -0.39 is 0 Å². The van der Waals surface area contributed by atoms with Crippen LogP contribution in [0.2, 0.25) is 0 Å². The first-order valence-corrected chi connectivity index (χ1v) is 8.17. The van der Waals surface area contributed by atoms with Crippen molar-refractivity contribution in [1.29, 1.82) is 0 Å². The van der Waals surface area contributed by atoms with Crippen LogP contribution in [0.15, 0.2) is 12.4 Å². The van der Waals surface area contributed by atoms with E-state index in [9.17, 15) is 4.79 Å². The van der Waals surface area contributed by atoms with Crippen LogP contribution in [0.1, 0.15) is 32.3 Å². The second-order valence-electron chi connectivity index (χ2n) is 6.42. The van der Waals surface area contributed by atoms with Crippen molar-refractivity contribution in [3.05, 3.63) is 18.0 Å². The van der Waals surface area contributed by atoms with Gasteiger partial charge in [-0.05, 0) is 31.2 Å². The van der Waals surface area contributed by atoms with Gasteiger partial charge in [-0.25, -0.2) is 4.79 Å². The molecule has 22 heavy (non-hydrogen) atoms. The minimum atomic E-state index is 0.0330. The summed E-state index contributed by atoms with van der Waals surface area (Å²) in [5.74, 6) is 0.560. The zero-order valence-electron chi connectivity index (χ0n) is 13.9. The molecule has 1 saturated heterocycles. The summed E-state index contributed by atoms with van der Waals surface area (Å²) < 4.78 is 7.43. The molecular formula is C16H28N4O2. The number of carbonyl (C=O) groups excluding carboxylic acids is 1. The van der Waals surface area contributed by atoms with Crippen LogP contribution in [0, 0.1) is 12.8 Å². The number of hydrogen-bond donors (Lipinski definition) is 1. The Morgan fingerprint density at radius 1 is 1.55 bits per heavy atom. The number of nitrogens with one attached hydrogen (secondary N) is 1. The lowest BCUT2D eigenvalue weighted by Crippen LogP contribution is -2.53. The first-order valence-electron chi connectivity index (χ1n) is 8.17. The Labute approximate surface area is 132 Å². The first-order chi connectivity index (χ1) is 10.6. The van der Waals surface area contributed by atoms with Gasteiger partial charge < -0.3 is 15.0 Å². The summed E-state index contributed by atoms with van der Waals surface area (Å²) >= 11 is 0. The maximum Gasteiger partial charge on any atom is 0.317 e. The molecule has 2 heterocycles. The summed E-state index contributed by atoms with van der Waals surface area (Å²) in [7, 11) is 0. The number of morpholine rings is 1. The molecule has 1 aromatic rings. The van der Waals surface area contributed by atoms with Gasteiger partial charge in [0.15, 0.2) is 0 Å². The number of ether oxygens (including phenoxy) is 1. The highest BCUT2D eigenvalue weighted by Crippen LogP contribution is 2.15. The molecule has 0 bridgehead atoms. The Hall–Kier alpha value is -1.56. The fraction of sp³-hybridized carbons (Fsp3) is 0.750. The van der Waals surface area contributed by atoms with Crippen molar-refractivity contribution >= 4 is 6.03 Å². The molecule has 1 fully saturated rings. The molecule has 0 unspecified atom stereocenters. The molecule has 0 aliphatic carbocycles. The van der Waals surface area contributed by atoms with Crippen LogP contribution in [0.5, 0.6) is 0 Å². The number of aryl methyl sites for hydroxylation is 2. The molecule has 0 aromatic carbocycles. The molecular weight excluding hydrogens is 280 g/mol. The highest BCUT2D eigenvalue weighted by molar-refractivity contribution is 5.74. The second kappa shape index (κ2) is 8.17. The number of carbonyl (C=O) groups is 1. The second-order valence-corrected chi connectivity index (χ2v) is 6.42. The fourth-order valence-corrected chi connectivity index (χ4v) is 2.79. The van der Waals surface area contributed by atoms with Crippen molar-refractivity contribution in [2.75, 3.05) is 26.3 Å². The average Bonchev–Trinajstić information content (AvgIpc) is 2.89. The lowest BCUT2D eigenvalue weighted by Gasteiger charge is -2.36. The summed E-state index contributed by atoms with van der Waals surface area (Å²) in [5.41, 5.74) is 1.16. The molecule has 124 valence electrons. The predicted molar refractivity (Wildman–Crippen MR) is 85.7 cm³/mol. The van der Waals surface area contributed by atoms with Crippen molar-refractivity contribution in [2.45, 2.75) is 46.2 Å². The Balaban J connectivity index is 1.72. The van der Waals surface area contributed by atoms with E-state index in [0.29, 0.717) is 32.2 Å². The van der Waals surface area contributed by atoms with E-state index in [1.165, 1.54) is 0 Å². The molecule has 6 nitrogen and oxygen atoms in total. The van der Waals surface area contributed by atoms with E-state index in [1.807, 2.05) is 28.9 Å². The first kappa shape index (κ1) is 16.8. The van der Waals surface area contributed by atoms with E-state index >= 15 is 0 Å². The van der Waals surface area contributed by atoms with Crippen LogP contribution in [-0.4, -0.2) is 53.1 Å². The Morgan fingerprint density at radius 3 is 3.05 bits per heavy atom. The predicted octanol–water partition coefficient (Wildman–Crippen LogP) is 2.04. The average molecular weight is 308 g/mol. The van der Waals surface area contributed by atoms with Gasteiger partial charge in [0.25, 0.3) is 0 Å². The Morgan fingerprint density at radius 2 is 2.36 bits per heavy atom. The smallest absolute Gasteiger partial charge is 0.317 e. The van der Waals surface area contributed by atoms with E-state index in [-0.39, 0.29) is 12.1 Å². The Kier molecular flexibility index (Phi) is 6.24. The fourth-order valence-electron chi connectivity index (χ4n) is 2.79. The van der Waals surface area contributed by atoms with Crippen molar-refractivity contribution in [3.63, 3.8) is 0 Å². The third-order valence-corrected chi connectivity index (χ3v) is 3.83. The molecule has 1 aliphatic heterocycles. The number of nitrogens with zero attached hydrogens (tertiary/aromatic N) is 3. The third-order valence-electron chi connectivity index (χ3n) is 3.83. The SMILES string of the molecule is Cc1cnn(CCCNC(=O)N2CCOC[C@@H]2CC(C)C)c1. The van der Waals surface area contributed by atoms with Gasteiger partial charge in [-0.2, -0.15) is 5.10 Å². The van der Waals surface area contributed by atoms with Gasteiger partial charge in [-0.15, -0.1) is 0 Å². The molecule has 1 aliphatic rings. The van der Waals surface area contributed by atoms with E-state index in [4.69, 9.17) is 4.74 Å². The van der Waals surface area contributed by atoms with Crippen molar-refractivity contribution in [3.8, 4) is 0 Å². The minimum Gasteiger partial charge on any atom is -0.377 e. The van der Waals surface area contributed by atoms with Gasteiger partial charge >= 0.3 is 6.03 Å². The van der Waals surface area contributed by atoms with Crippen LogP contribution in [0.4, 0.5) is 4.79 Å². The summed E-state index contributed by atoms with van der Waals surface area (Å²) in [6.07, 6.45) is 5.73. The molecule has 2 rings (SSSR count). The number of aromatic nitrogens is 2. The molecule has 1 atom stereocenters. The molecule has 0 saturated carbocycles. The zero-order valence-corrected chi connectivity index (χ0v) is 13.9. The van der Waals surface area contributed by atoms with E-state index in [1.54, 1.807) is 0 Å². The number of hydrogen-bond acceptors (Lipinski definition) is 3. The monoisotopic (exact) mass is 308 g/mol. The van der Waals surface area contributed by atoms with Gasteiger partial charge in [0.2, 0.25) is 0 Å². The van der Waals surface area contributed by atoms with E-state index in [2.05, 4.69) is 24.3 Å². The summed E-state index contributed by atoms with van der Waals surface area (Å²) in [5, 5.41) is 7.27. The van der Waals surface area contributed by atoms with Gasteiger partial charge in [-0.1, -0.05) is 13.8 Å². The summed E-state index contributed by atoms with van der Waals surface area (Å²) in [6, 6.07) is 0.230. The summed E-state index contributed by atoms with van der Waals surface area (Å²) in [6.45, 7) is 9.84. The topological polar surface area (TPSA) is 59.4 Å². The van der Waals surface area contributed by atoms with Crippen LogP contribution in [0.3, 0.4) is 0 Å². The van der Waals surface area contributed by atoms with Gasteiger partial charge in [-0.3, -0.25) is 4.68 Å². The van der Waals surface area contributed by atoms with Crippen LogP contribution < -0.4 is 5.32 Å². The highest BCUT2D eigenvalue weighted by Gasteiger charge is 2.27. The molecule has 2 amide bonds. The van der Waals surface area contributed by atoms with E-state index in [0.717, 1.165) is 24.9 Å². The molecule has 1 aromatic heterocycles. The molecule has 0 spiro atoms. The van der Waals surface area contributed by atoms with Crippen molar-refractivity contribution < 1.29 is 9.53 Å². The van der Waals surface area contributed by atoms with Crippen LogP contribution in [-0.2, 0) is 11.3 Å². The zero-order chi connectivity index (χ0) is 15.9. The molecule has 1 N–H and O–H groups in total. The van der Waals surface area contributed by atoms with Crippen molar-refractivity contribution in [1.82, 2.24) is 20.0 Å². The normalized spacial score (nSPS) is 18.7. The summed E-state index contributed by atoms with van der Waals surface area (Å²) in [4.78, 5) is 14.3. The van der Waals surface area contributed by atoms with Crippen LogP contribution >= 0.6 is 0 Å². The largest absolute Gasteiger partial charge is 0.377 e. The maximum atomic E-state index is 12.3. The maximum absolute atomic E-state index is 12.3. The standard InChI is InChI=1S/C16H28N4O2/c1-13(2)9-15-12-22-8-7-20(15)16(21)17-5-4-6-19-11-14(3)10-18-19/h10-11,13,15H,4-9,12H2,1-3H3,(H,17,21)/t15-/m0/s1. The van der Waals surface area contributed by atoms with Gasteiger partial charge in [0.1, 0.15) is 0 Å². The lowest BCUT2D eigenvalue weighted by molar-refractivity contribution is 0.00559. The number of urea groups is 1. The lowest BCUT2D eigenvalue weighted by atomic mass is 10.0. The Bertz CT molecular complexity index is 472. The quantitative estimate of drug-likeness (QED) is 0.818.